The van der Waals surface area contributed by atoms with E-state index in [9.17, 15) is 19.4 Å². The molecule has 0 aromatic heterocycles. The van der Waals surface area contributed by atoms with Crippen molar-refractivity contribution >= 4 is 42.9 Å². The highest BCUT2D eigenvalue weighted by molar-refractivity contribution is 8.23. The summed E-state index contributed by atoms with van der Waals surface area (Å²) in [4.78, 5) is 21.8. The number of carbonyl (C=O) groups excluding carboxylic acids is 2. The van der Waals surface area contributed by atoms with Crippen LogP contribution in [0.5, 0.6) is 0 Å². The van der Waals surface area contributed by atoms with Crippen LogP contribution in [-0.4, -0.2) is 36.5 Å². The summed E-state index contributed by atoms with van der Waals surface area (Å²) in [6.45, 7) is 3.34. The second kappa shape index (κ2) is 10.7. The van der Waals surface area contributed by atoms with Gasteiger partial charge in [-0.25, -0.2) is 0 Å². The standard InChI is InChI=1S/C11H18N3O5PS2/c1-3-18-20(17,19-4-2)8(5-12)11(21-6-9(13)15)22-7-10(14)16/h3-4,6-7H2,1-2H3,(H2,13,15)(H2,14,16). The van der Waals surface area contributed by atoms with E-state index in [1.807, 2.05) is 0 Å². The quantitative estimate of drug-likeness (QED) is 0.411. The van der Waals surface area contributed by atoms with Crippen LogP contribution >= 0.6 is 31.1 Å². The van der Waals surface area contributed by atoms with Gasteiger partial charge in [-0.2, -0.15) is 5.26 Å². The van der Waals surface area contributed by atoms with Gasteiger partial charge in [0.05, 0.1) is 29.0 Å². The van der Waals surface area contributed by atoms with E-state index in [2.05, 4.69) is 0 Å². The maximum Gasteiger partial charge on any atom is 0.373 e. The number of nitrogens with zero attached hydrogens (tertiary/aromatic N) is 1. The van der Waals surface area contributed by atoms with Crippen LogP contribution < -0.4 is 11.5 Å². The average Bonchev–Trinajstić information content (AvgIpc) is 2.41. The lowest BCUT2D eigenvalue weighted by Gasteiger charge is -2.18. The van der Waals surface area contributed by atoms with E-state index >= 15 is 0 Å². The van der Waals surface area contributed by atoms with Gasteiger partial charge in [-0.05, 0) is 13.8 Å². The zero-order valence-corrected chi connectivity index (χ0v) is 14.8. The summed E-state index contributed by atoms with van der Waals surface area (Å²) in [7, 11) is -3.83. The van der Waals surface area contributed by atoms with Crippen molar-refractivity contribution in [2.75, 3.05) is 24.7 Å². The Labute approximate surface area is 137 Å². The molecule has 11 heteroatoms. The van der Waals surface area contributed by atoms with Gasteiger partial charge in [0.15, 0.2) is 5.31 Å². The number of amides is 2. The molecule has 0 aliphatic carbocycles. The first-order chi connectivity index (χ1) is 10.3. The van der Waals surface area contributed by atoms with Crippen LogP contribution in [0.3, 0.4) is 0 Å². The first-order valence-corrected chi connectivity index (χ1v) is 9.68. The van der Waals surface area contributed by atoms with Gasteiger partial charge in [-0.3, -0.25) is 14.2 Å². The molecule has 0 aromatic rings. The summed E-state index contributed by atoms with van der Waals surface area (Å²) in [5.41, 5.74) is 10.1. The zero-order chi connectivity index (χ0) is 17.2. The summed E-state index contributed by atoms with van der Waals surface area (Å²) < 4.78 is 23.1. The Morgan fingerprint density at radius 1 is 1.09 bits per heavy atom. The third kappa shape index (κ3) is 7.33. The van der Waals surface area contributed by atoms with Gasteiger partial charge in [0, 0.05) is 0 Å². The fourth-order valence-electron chi connectivity index (χ4n) is 1.18. The number of nitrogens with two attached hydrogens (primary N) is 2. The van der Waals surface area contributed by atoms with Crippen molar-refractivity contribution < 1.29 is 23.2 Å². The van der Waals surface area contributed by atoms with Gasteiger partial charge in [-0.1, -0.05) is 0 Å². The van der Waals surface area contributed by atoms with E-state index < -0.39 is 19.4 Å². The van der Waals surface area contributed by atoms with Crippen LogP contribution in [0.15, 0.2) is 9.55 Å². The number of allylic oxidation sites excluding steroid dienone is 1. The van der Waals surface area contributed by atoms with Crippen molar-refractivity contribution in [3.05, 3.63) is 9.55 Å². The molecule has 4 N–H and O–H groups in total. The third-order valence-electron chi connectivity index (χ3n) is 1.86. The molecule has 22 heavy (non-hydrogen) atoms. The molecule has 0 aliphatic rings. The van der Waals surface area contributed by atoms with Crippen molar-refractivity contribution in [3.63, 3.8) is 0 Å². The molecule has 0 aromatic carbocycles. The normalized spacial score (nSPS) is 10.8. The number of thioether (sulfide) groups is 2. The van der Waals surface area contributed by atoms with Crippen LogP contribution in [-0.2, 0) is 23.2 Å². The van der Waals surface area contributed by atoms with Gasteiger partial charge in [0.1, 0.15) is 6.07 Å². The number of hydrogen-bond donors (Lipinski definition) is 2. The molecule has 0 atom stereocenters. The fraction of sp³-hybridized carbons (Fsp3) is 0.545. The van der Waals surface area contributed by atoms with E-state index in [4.69, 9.17) is 20.5 Å². The molecule has 8 nitrogen and oxygen atoms in total. The predicted octanol–water partition coefficient (Wildman–Crippen LogP) is 1.38. The molecule has 0 spiro atoms. The monoisotopic (exact) mass is 367 g/mol. The Hall–Kier alpha value is -0.980. The van der Waals surface area contributed by atoms with E-state index in [1.54, 1.807) is 19.9 Å². The average molecular weight is 367 g/mol. The predicted molar refractivity (Wildman–Crippen MR) is 86.8 cm³/mol. The first-order valence-electron chi connectivity index (χ1n) is 6.16. The van der Waals surface area contributed by atoms with Gasteiger partial charge in [-0.15, -0.1) is 23.5 Å². The molecule has 0 aliphatic heterocycles. The Balaban J connectivity index is 5.69. The van der Waals surface area contributed by atoms with Crippen molar-refractivity contribution in [1.29, 1.82) is 5.26 Å². The smallest absolute Gasteiger partial charge is 0.369 e. The largest absolute Gasteiger partial charge is 0.373 e. The number of rotatable bonds is 11. The molecule has 2 amide bonds. The van der Waals surface area contributed by atoms with Gasteiger partial charge < -0.3 is 20.5 Å². The highest BCUT2D eigenvalue weighted by Gasteiger charge is 2.33. The minimum atomic E-state index is -3.83. The van der Waals surface area contributed by atoms with E-state index in [-0.39, 0.29) is 34.3 Å². The van der Waals surface area contributed by atoms with Crippen LogP contribution in [0.25, 0.3) is 0 Å². The Bertz CT molecular complexity index is 502. The van der Waals surface area contributed by atoms with Gasteiger partial charge in [0.25, 0.3) is 0 Å². The lowest BCUT2D eigenvalue weighted by molar-refractivity contribution is -0.116. The molecule has 0 bridgehead atoms. The Kier molecular flexibility index (Phi) is 10.2. The van der Waals surface area contributed by atoms with Gasteiger partial charge in [0.2, 0.25) is 11.8 Å². The highest BCUT2D eigenvalue weighted by atomic mass is 32.2. The Morgan fingerprint density at radius 2 is 1.50 bits per heavy atom. The molecule has 0 unspecified atom stereocenters. The third-order valence-corrected chi connectivity index (χ3v) is 6.73. The zero-order valence-electron chi connectivity index (χ0n) is 12.2. The number of primary amides is 2. The van der Waals surface area contributed by atoms with E-state index in [0.29, 0.717) is 0 Å². The van der Waals surface area contributed by atoms with E-state index in [1.165, 1.54) is 0 Å². The second-order valence-electron chi connectivity index (χ2n) is 3.59. The summed E-state index contributed by atoms with van der Waals surface area (Å²) in [5.74, 6) is -1.54. The minimum absolute atomic E-state index is 0.0662. The lowest BCUT2D eigenvalue weighted by atomic mass is 10.7. The topological polar surface area (TPSA) is 146 Å². The molecule has 0 rings (SSSR count). The summed E-state index contributed by atoms with van der Waals surface area (Å²) >= 11 is 1.78. The molecular formula is C11H18N3O5PS2. The fourth-order valence-corrected chi connectivity index (χ4v) is 5.19. The molecule has 0 radical (unpaired) electrons. The summed E-state index contributed by atoms with van der Waals surface area (Å²) in [6.07, 6.45) is 0. The number of hydrogen-bond acceptors (Lipinski definition) is 8. The molecule has 0 heterocycles. The van der Waals surface area contributed by atoms with Crippen molar-refractivity contribution in [2.24, 2.45) is 11.5 Å². The van der Waals surface area contributed by atoms with Crippen molar-refractivity contribution in [1.82, 2.24) is 0 Å². The molecular weight excluding hydrogens is 349 g/mol. The van der Waals surface area contributed by atoms with E-state index in [0.717, 1.165) is 23.5 Å². The van der Waals surface area contributed by atoms with Crippen LogP contribution in [0, 0.1) is 11.3 Å². The molecule has 124 valence electrons. The van der Waals surface area contributed by atoms with Crippen LogP contribution in [0.4, 0.5) is 0 Å². The molecule has 0 saturated carbocycles. The SMILES string of the molecule is CCOP(=O)(OCC)C(C#N)=C(SCC(N)=O)SCC(N)=O. The molecule has 0 saturated heterocycles. The Morgan fingerprint density at radius 3 is 1.77 bits per heavy atom. The number of carbonyl (C=O) groups is 2. The van der Waals surface area contributed by atoms with Crippen LogP contribution in [0.1, 0.15) is 13.8 Å². The maximum atomic E-state index is 12.7. The molecule has 0 fully saturated rings. The maximum absolute atomic E-state index is 12.7. The summed E-state index contributed by atoms with van der Waals surface area (Å²) in [6, 6.07) is 1.78. The number of nitriles is 1. The second-order valence-corrected chi connectivity index (χ2v) is 7.78. The van der Waals surface area contributed by atoms with Gasteiger partial charge >= 0.3 is 7.60 Å². The first kappa shape index (κ1) is 21.0. The van der Waals surface area contributed by atoms with Crippen molar-refractivity contribution in [3.8, 4) is 6.07 Å². The minimum Gasteiger partial charge on any atom is -0.369 e. The van der Waals surface area contributed by atoms with Crippen molar-refractivity contribution in [2.45, 2.75) is 13.8 Å². The highest BCUT2D eigenvalue weighted by Crippen LogP contribution is 2.59. The van der Waals surface area contributed by atoms with Crippen LogP contribution in [0.2, 0.25) is 0 Å². The summed E-state index contributed by atoms with van der Waals surface area (Å²) in [5, 5.41) is 9.06. The lowest BCUT2D eigenvalue weighted by Crippen LogP contribution is -2.15.